The van der Waals surface area contributed by atoms with Gasteiger partial charge in [0.1, 0.15) is 12.2 Å². The quantitative estimate of drug-likeness (QED) is 0.357. The minimum absolute atomic E-state index is 0.0353. The number of guanidine groups is 1. The molecule has 11 nitrogen and oxygen atoms in total. The number of primary sulfonamides is 1. The molecule has 0 radical (unpaired) electrons. The molecule has 2 heterocycles. The molecule has 1 aromatic heterocycles. The number of nitrogens with two attached hydrogens (primary N) is 2. The van der Waals surface area contributed by atoms with Gasteiger partial charge >= 0.3 is 0 Å². The molecule has 1 aliphatic heterocycles. The number of pyridine rings is 1. The van der Waals surface area contributed by atoms with Gasteiger partial charge < -0.3 is 26.0 Å². The highest BCUT2D eigenvalue weighted by atomic mass is 32.2. The first kappa shape index (κ1) is 23.4. The highest BCUT2D eigenvalue weighted by Gasteiger charge is 2.17. The number of ether oxygens (including phenoxy) is 1. The summed E-state index contributed by atoms with van der Waals surface area (Å²) in [5, 5.41) is 11.4. The first-order valence-corrected chi connectivity index (χ1v) is 11.6. The summed E-state index contributed by atoms with van der Waals surface area (Å²) < 4.78 is 28.3. The molecular weight excluding hydrogens is 432 g/mol. The zero-order chi connectivity index (χ0) is 23.1. The maximum atomic E-state index is 11.4. The van der Waals surface area contributed by atoms with Crippen molar-refractivity contribution >= 4 is 45.2 Å². The SMILES string of the molecule is CC(C)N=CN=C(N)Nc1cc(Nc2ccc(S(N)(=O)=O)cc2)ncc1N1CCOCC1. The second kappa shape index (κ2) is 10.4. The highest BCUT2D eigenvalue weighted by molar-refractivity contribution is 7.89. The van der Waals surface area contributed by atoms with Crippen molar-refractivity contribution in [3.8, 4) is 0 Å². The summed E-state index contributed by atoms with van der Waals surface area (Å²) in [6.45, 7) is 6.60. The van der Waals surface area contributed by atoms with E-state index in [1.54, 1.807) is 24.4 Å². The van der Waals surface area contributed by atoms with Gasteiger partial charge in [-0.1, -0.05) is 0 Å². The molecule has 0 atom stereocenters. The normalized spacial score (nSPS) is 15.4. The molecule has 0 unspecified atom stereocenters. The molecule has 0 spiro atoms. The Morgan fingerprint density at radius 3 is 2.56 bits per heavy atom. The summed E-state index contributed by atoms with van der Waals surface area (Å²) in [5.41, 5.74) is 8.27. The zero-order valence-corrected chi connectivity index (χ0v) is 18.8. The van der Waals surface area contributed by atoms with Crippen molar-refractivity contribution in [2.45, 2.75) is 24.8 Å². The average molecular weight is 461 g/mol. The lowest BCUT2D eigenvalue weighted by Crippen LogP contribution is -2.37. The Morgan fingerprint density at radius 1 is 1.25 bits per heavy atom. The number of aliphatic imine (C=N–C) groups is 2. The fourth-order valence-electron chi connectivity index (χ4n) is 2.95. The van der Waals surface area contributed by atoms with Crippen molar-refractivity contribution in [2.24, 2.45) is 20.9 Å². The van der Waals surface area contributed by atoms with E-state index < -0.39 is 10.0 Å². The van der Waals surface area contributed by atoms with E-state index in [0.717, 1.165) is 18.8 Å². The van der Waals surface area contributed by atoms with Gasteiger partial charge in [0.05, 0.1) is 35.7 Å². The molecule has 0 saturated carbocycles. The molecule has 2 aromatic rings. The third-order valence-corrected chi connectivity index (χ3v) is 5.44. The van der Waals surface area contributed by atoms with Crippen LogP contribution >= 0.6 is 0 Å². The molecule has 0 aliphatic carbocycles. The van der Waals surface area contributed by atoms with Crippen LogP contribution < -0.4 is 26.4 Å². The average Bonchev–Trinajstić information content (AvgIpc) is 2.74. The Morgan fingerprint density at radius 2 is 1.94 bits per heavy atom. The summed E-state index contributed by atoms with van der Waals surface area (Å²) in [6, 6.07) is 8.01. The molecule has 6 N–H and O–H groups in total. The number of anilines is 4. The van der Waals surface area contributed by atoms with Gasteiger partial charge in [-0.3, -0.25) is 4.99 Å². The van der Waals surface area contributed by atoms with Crippen LogP contribution in [0.3, 0.4) is 0 Å². The lowest BCUT2D eigenvalue weighted by atomic mass is 10.2. The molecule has 32 heavy (non-hydrogen) atoms. The standard InChI is InChI=1S/C20H28N8O3S/c1-14(2)24-13-25-20(21)27-17-11-19(23-12-18(17)28-7-9-31-10-8-28)26-15-3-5-16(6-4-15)32(22,29)30/h3-6,11-14H,7-10H2,1-2H3,(H2,22,29,30)(H4,21,23,24,25,26,27). The van der Waals surface area contributed by atoms with Crippen molar-refractivity contribution in [1.29, 1.82) is 0 Å². The van der Waals surface area contributed by atoms with Crippen LogP contribution in [0.2, 0.25) is 0 Å². The number of rotatable bonds is 7. The molecule has 1 aromatic carbocycles. The van der Waals surface area contributed by atoms with E-state index in [1.165, 1.54) is 18.5 Å². The smallest absolute Gasteiger partial charge is 0.238 e. The van der Waals surface area contributed by atoms with E-state index in [-0.39, 0.29) is 16.9 Å². The number of hydrogen-bond donors (Lipinski definition) is 4. The van der Waals surface area contributed by atoms with Crippen LogP contribution in [-0.4, -0.2) is 58.0 Å². The third kappa shape index (κ3) is 6.64. The molecule has 0 amide bonds. The van der Waals surface area contributed by atoms with Crippen LogP contribution in [0.15, 0.2) is 51.4 Å². The summed E-state index contributed by atoms with van der Waals surface area (Å²) in [5.74, 6) is 0.732. The molecule has 1 aliphatic rings. The monoisotopic (exact) mass is 460 g/mol. The summed E-state index contributed by atoms with van der Waals surface area (Å²) in [4.78, 5) is 15.0. The van der Waals surface area contributed by atoms with Crippen molar-refractivity contribution in [2.75, 3.05) is 41.8 Å². The predicted octanol–water partition coefficient (Wildman–Crippen LogP) is 1.47. The van der Waals surface area contributed by atoms with Crippen LogP contribution in [0, 0.1) is 0 Å². The summed E-state index contributed by atoms with van der Waals surface area (Å²) in [7, 11) is -3.75. The molecular formula is C20H28N8O3S. The van der Waals surface area contributed by atoms with Crippen LogP contribution in [0.4, 0.5) is 22.9 Å². The van der Waals surface area contributed by atoms with Crippen molar-refractivity contribution in [1.82, 2.24) is 4.98 Å². The zero-order valence-electron chi connectivity index (χ0n) is 18.0. The largest absolute Gasteiger partial charge is 0.378 e. The summed E-state index contributed by atoms with van der Waals surface area (Å²) >= 11 is 0. The topological polar surface area (TPSA) is 160 Å². The van der Waals surface area contributed by atoms with Gasteiger partial charge in [0, 0.05) is 30.9 Å². The van der Waals surface area contributed by atoms with Gasteiger partial charge in [-0.05, 0) is 38.1 Å². The van der Waals surface area contributed by atoms with Crippen LogP contribution in [0.1, 0.15) is 13.8 Å². The lowest BCUT2D eigenvalue weighted by molar-refractivity contribution is 0.122. The minimum Gasteiger partial charge on any atom is -0.378 e. The van der Waals surface area contributed by atoms with E-state index in [0.29, 0.717) is 30.4 Å². The van der Waals surface area contributed by atoms with Gasteiger partial charge in [-0.25, -0.2) is 23.5 Å². The summed E-state index contributed by atoms with van der Waals surface area (Å²) in [6.07, 6.45) is 3.17. The number of morpholine rings is 1. The highest BCUT2D eigenvalue weighted by Crippen LogP contribution is 2.29. The van der Waals surface area contributed by atoms with Crippen molar-refractivity contribution in [3.05, 3.63) is 36.5 Å². The van der Waals surface area contributed by atoms with E-state index in [2.05, 4.69) is 30.5 Å². The van der Waals surface area contributed by atoms with Crippen LogP contribution in [0.5, 0.6) is 0 Å². The van der Waals surface area contributed by atoms with Crippen molar-refractivity contribution < 1.29 is 13.2 Å². The van der Waals surface area contributed by atoms with Gasteiger partial charge in [0.15, 0.2) is 5.96 Å². The molecule has 12 heteroatoms. The molecule has 1 fully saturated rings. The molecule has 0 bridgehead atoms. The number of aromatic nitrogens is 1. The number of nitrogens with one attached hydrogen (secondary N) is 2. The molecule has 1 saturated heterocycles. The fraction of sp³-hybridized carbons (Fsp3) is 0.350. The Labute approximate surface area is 187 Å². The molecule has 3 rings (SSSR count). The van der Waals surface area contributed by atoms with E-state index in [4.69, 9.17) is 15.6 Å². The maximum absolute atomic E-state index is 11.4. The van der Waals surface area contributed by atoms with E-state index in [9.17, 15) is 8.42 Å². The fourth-order valence-corrected chi connectivity index (χ4v) is 3.46. The maximum Gasteiger partial charge on any atom is 0.238 e. The number of sulfonamides is 1. The lowest BCUT2D eigenvalue weighted by Gasteiger charge is -2.30. The predicted molar refractivity (Wildman–Crippen MR) is 127 cm³/mol. The van der Waals surface area contributed by atoms with E-state index in [1.807, 2.05) is 13.8 Å². The Hall–Kier alpha value is -3.22. The van der Waals surface area contributed by atoms with E-state index >= 15 is 0 Å². The Bertz CT molecular complexity index is 1080. The van der Waals surface area contributed by atoms with Gasteiger partial charge in [0.25, 0.3) is 0 Å². The number of nitrogens with zero attached hydrogens (tertiary/aromatic N) is 4. The van der Waals surface area contributed by atoms with Gasteiger partial charge in [-0.15, -0.1) is 0 Å². The number of benzene rings is 1. The Kier molecular flexibility index (Phi) is 7.62. The van der Waals surface area contributed by atoms with Crippen LogP contribution in [0.25, 0.3) is 0 Å². The third-order valence-electron chi connectivity index (χ3n) is 4.51. The van der Waals surface area contributed by atoms with Crippen molar-refractivity contribution in [3.63, 3.8) is 0 Å². The second-order valence-electron chi connectivity index (χ2n) is 7.38. The molecule has 172 valence electrons. The van der Waals surface area contributed by atoms with Crippen LogP contribution in [-0.2, 0) is 14.8 Å². The number of hydrogen-bond acceptors (Lipinski definition) is 7. The van der Waals surface area contributed by atoms with Gasteiger partial charge in [-0.2, -0.15) is 0 Å². The minimum atomic E-state index is -3.75. The Balaban J connectivity index is 1.85. The van der Waals surface area contributed by atoms with Gasteiger partial charge in [0.2, 0.25) is 10.0 Å². The first-order valence-electron chi connectivity index (χ1n) is 10.1. The first-order chi connectivity index (χ1) is 15.2. The second-order valence-corrected chi connectivity index (χ2v) is 8.94.